The van der Waals surface area contributed by atoms with E-state index in [9.17, 15) is 17.6 Å². The van der Waals surface area contributed by atoms with Gasteiger partial charge in [0.05, 0.1) is 10.5 Å². The molecule has 1 atom stereocenters. The number of amides is 1. The van der Waals surface area contributed by atoms with E-state index in [1.807, 2.05) is 6.92 Å². The van der Waals surface area contributed by atoms with Gasteiger partial charge >= 0.3 is 0 Å². The number of nitrogens with zero attached hydrogens (tertiary/aromatic N) is 1. The number of carbonyl (C=O) groups excluding carboxylic acids is 1. The summed E-state index contributed by atoms with van der Waals surface area (Å²) in [7, 11) is -3.82. The van der Waals surface area contributed by atoms with Gasteiger partial charge in [-0.25, -0.2) is 17.5 Å². The normalized spacial score (nSPS) is 12.6. The Labute approximate surface area is 146 Å². The van der Waals surface area contributed by atoms with Gasteiger partial charge in [0.25, 0.3) is 5.91 Å². The van der Waals surface area contributed by atoms with Crippen LogP contribution in [0.2, 0.25) is 0 Å². The number of carbonyl (C=O) groups is 1. The van der Waals surface area contributed by atoms with Crippen molar-refractivity contribution in [1.29, 1.82) is 0 Å². The van der Waals surface area contributed by atoms with Gasteiger partial charge in [-0.1, -0.05) is 6.92 Å². The molecule has 8 heteroatoms. The van der Waals surface area contributed by atoms with Crippen molar-refractivity contribution in [3.05, 3.63) is 59.7 Å². The Morgan fingerprint density at radius 1 is 1.24 bits per heavy atom. The van der Waals surface area contributed by atoms with E-state index in [1.165, 1.54) is 0 Å². The number of nitrogens with one attached hydrogen (secondary N) is 2. The van der Waals surface area contributed by atoms with Crippen LogP contribution in [0.5, 0.6) is 0 Å². The minimum Gasteiger partial charge on any atom is -0.348 e. The molecule has 6 nitrogen and oxygen atoms in total. The first kappa shape index (κ1) is 19.0. The largest absolute Gasteiger partial charge is 0.348 e. The zero-order valence-electron chi connectivity index (χ0n) is 14.0. The summed E-state index contributed by atoms with van der Waals surface area (Å²) < 4.78 is 41.0. The van der Waals surface area contributed by atoms with Crippen LogP contribution in [-0.4, -0.2) is 25.4 Å². The summed E-state index contributed by atoms with van der Waals surface area (Å²) in [5, 5.41) is 2.56. The van der Waals surface area contributed by atoms with E-state index >= 15 is 0 Å². The van der Waals surface area contributed by atoms with Gasteiger partial charge in [-0.3, -0.25) is 9.78 Å². The molecule has 0 saturated heterocycles. The molecule has 1 unspecified atom stereocenters. The van der Waals surface area contributed by atoms with E-state index in [4.69, 9.17) is 0 Å². The second-order valence-corrected chi connectivity index (χ2v) is 7.32. The molecule has 0 bridgehead atoms. The van der Waals surface area contributed by atoms with E-state index < -0.39 is 21.7 Å². The maximum atomic E-state index is 14.0. The lowest BCUT2D eigenvalue weighted by Crippen LogP contribution is -2.32. The van der Waals surface area contributed by atoms with Crippen LogP contribution in [0.4, 0.5) is 4.39 Å². The van der Waals surface area contributed by atoms with Crippen LogP contribution in [0.25, 0.3) is 0 Å². The van der Waals surface area contributed by atoms with Crippen LogP contribution in [0.3, 0.4) is 0 Å². The monoisotopic (exact) mass is 365 g/mol. The van der Waals surface area contributed by atoms with Crippen molar-refractivity contribution in [3.8, 4) is 0 Å². The third kappa shape index (κ3) is 5.07. The van der Waals surface area contributed by atoms with Crippen molar-refractivity contribution in [3.63, 3.8) is 0 Å². The van der Waals surface area contributed by atoms with Gasteiger partial charge in [0.15, 0.2) is 0 Å². The molecule has 0 aliphatic carbocycles. The first-order valence-electron chi connectivity index (χ1n) is 7.82. The van der Waals surface area contributed by atoms with Crippen LogP contribution in [0.1, 0.15) is 36.2 Å². The fraction of sp³-hybridized carbons (Fsp3) is 0.294. The topological polar surface area (TPSA) is 88.2 Å². The summed E-state index contributed by atoms with van der Waals surface area (Å²) in [5.41, 5.74) is 0.479. The fourth-order valence-corrected chi connectivity index (χ4v) is 3.39. The molecule has 1 heterocycles. The van der Waals surface area contributed by atoms with E-state index in [0.717, 1.165) is 23.8 Å². The van der Waals surface area contributed by atoms with Gasteiger partial charge in [0, 0.05) is 25.0 Å². The summed E-state index contributed by atoms with van der Waals surface area (Å²) in [6, 6.07) is 6.33. The molecule has 0 aliphatic heterocycles. The van der Waals surface area contributed by atoms with E-state index in [-0.39, 0.29) is 23.0 Å². The molecule has 0 aliphatic rings. The Balaban J connectivity index is 2.19. The van der Waals surface area contributed by atoms with Crippen LogP contribution in [-0.2, 0) is 16.6 Å². The molecule has 0 spiro atoms. The van der Waals surface area contributed by atoms with Gasteiger partial charge in [-0.15, -0.1) is 0 Å². The lowest BCUT2D eigenvalue weighted by molar-refractivity contribution is 0.0946. The molecule has 1 amide bonds. The lowest BCUT2D eigenvalue weighted by atomic mass is 10.2. The third-order valence-electron chi connectivity index (χ3n) is 3.66. The maximum absolute atomic E-state index is 14.0. The van der Waals surface area contributed by atoms with Crippen molar-refractivity contribution in [2.24, 2.45) is 0 Å². The Morgan fingerprint density at radius 2 is 1.92 bits per heavy atom. The predicted molar refractivity (Wildman–Crippen MR) is 91.9 cm³/mol. The van der Waals surface area contributed by atoms with Gasteiger partial charge in [-0.2, -0.15) is 0 Å². The van der Waals surface area contributed by atoms with Crippen molar-refractivity contribution in [2.45, 2.75) is 37.8 Å². The van der Waals surface area contributed by atoms with Crippen LogP contribution in [0, 0.1) is 5.82 Å². The molecule has 0 radical (unpaired) electrons. The predicted octanol–water partition coefficient (Wildman–Crippen LogP) is 2.23. The first-order valence-corrected chi connectivity index (χ1v) is 9.30. The second kappa shape index (κ2) is 8.17. The van der Waals surface area contributed by atoms with E-state index in [0.29, 0.717) is 6.42 Å². The second-order valence-electron chi connectivity index (χ2n) is 5.61. The molecule has 0 fully saturated rings. The average Bonchev–Trinajstić information content (AvgIpc) is 2.60. The van der Waals surface area contributed by atoms with Crippen LogP contribution in [0.15, 0.2) is 47.6 Å². The smallest absolute Gasteiger partial charge is 0.254 e. The summed E-state index contributed by atoms with van der Waals surface area (Å²) in [5.74, 6) is -1.47. The number of hydrogen-bond donors (Lipinski definition) is 2. The SMILES string of the molecule is CCC(C)NS(=O)(=O)c1ccc(F)c(C(=O)NCc2ccncc2)c1. The molecule has 0 saturated carbocycles. The molecule has 2 aromatic rings. The number of pyridine rings is 1. The first-order chi connectivity index (χ1) is 11.8. The van der Waals surface area contributed by atoms with E-state index in [1.54, 1.807) is 31.5 Å². The third-order valence-corrected chi connectivity index (χ3v) is 5.25. The quantitative estimate of drug-likeness (QED) is 0.788. The molecule has 134 valence electrons. The maximum Gasteiger partial charge on any atom is 0.254 e. The summed E-state index contributed by atoms with van der Waals surface area (Å²) in [4.78, 5) is 15.9. The van der Waals surface area contributed by atoms with Crippen molar-refractivity contribution >= 4 is 15.9 Å². The highest BCUT2D eigenvalue weighted by molar-refractivity contribution is 7.89. The molecular weight excluding hydrogens is 345 g/mol. The minimum atomic E-state index is -3.82. The number of halogens is 1. The Morgan fingerprint density at radius 3 is 2.56 bits per heavy atom. The highest BCUT2D eigenvalue weighted by Gasteiger charge is 2.20. The zero-order chi connectivity index (χ0) is 18.4. The molecule has 25 heavy (non-hydrogen) atoms. The van der Waals surface area contributed by atoms with Crippen LogP contribution >= 0.6 is 0 Å². The molecule has 2 rings (SSSR count). The number of sulfonamides is 1. The number of hydrogen-bond acceptors (Lipinski definition) is 4. The molecular formula is C17H20FN3O3S. The van der Waals surface area contributed by atoms with Gasteiger partial charge in [0.1, 0.15) is 5.82 Å². The molecule has 1 aromatic carbocycles. The summed E-state index contributed by atoms with van der Waals surface area (Å²) in [6.07, 6.45) is 3.77. The number of rotatable bonds is 7. The Kier molecular flexibility index (Phi) is 6.22. The van der Waals surface area contributed by atoms with Crippen molar-refractivity contribution in [2.75, 3.05) is 0 Å². The zero-order valence-corrected chi connectivity index (χ0v) is 14.8. The summed E-state index contributed by atoms with van der Waals surface area (Å²) >= 11 is 0. The summed E-state index contributed by atoms with van der Waals surface area (Å²) in [6.45, 7) is 3.75. The fourth-order valence-electron chi connectivity index (χ4n) is 2.04. The molecule has 2 N–H and O–H groups in total. The van der Waals surface area contributed by atoms with Gasteiger partial charge in [-0.05, 0) is 49.2 Å². The standard InChI is InChI=1S/C17H20FN3O3S/c1-3-12(2)21-25(23,24)14-4-5-16(18)15(10-14)17(22)20-11-13-6-8-19-9-7-13/h4-10,12,21H,3,11H2,1-2H3,(H,20,22). The van der Waals surface area contributed by atoms with Gasteiger partial charge in [0.2, 0.25) is 10.0 Å². The lowest BCUT2D eigenvalue weighted by Gasteiger charge is -2.13. The molecule has 1 aromatic heterocycles. The van der Waals surface area contributed by atoms with Gasteiger partial charge < -0.3 is 5.32 Å². The van der Waals surface area contributed by atoms with E-state index in [2.05, 4.69) is 15.0 Å². The Hall–Kier alpha value is -2.32. The highest BCUT2D eigenvalue weighted by Crippen LogP contribution is 2.16. The van der Waals surface area contributed by atoms with Crippen molar-refractivity contribution < 1.29 is 17.6 Å². The highest BCUT2D eigenvalue weighted by atomic mass is 32.2. The number of benzene rings is 1. The number of aromatic nitrogens is 1. The average molecular weight is 365 g/mol. The Bertz CT molecular complexity index is 841. The van der Waals surface area contributed by atoms with Crippen molar-refractivity contribution in [1.82, 2.24) is 15.0 Å². The van der Waals surface area contributed by atoms with Crippen LogP contribution < -0.4 is 10.0 Å². The minimum absolute atomic E-state index is 0.150.